The van der Waals surface area contributed by atoms with Crippen molar-refractivity contribution in [3.05, 3.63) is 143 Å². The lowest BCUT2D eigenvalue weighted by Gasteiger charge is -2.04. The predicted molar refractivity (Wildman–Crippen MR) is 137 cm³/mol. The molecule has 0 aliphatic rings. The lowest BCUT2D eigenvalue weighted by atomic mass is 10.1. The van der Waals surface area contributed by atoms with E-state index in [0.29, 0.717) is 22.3 Å². The summed E-state index contributed by atoms with van der Waals surface area (Å²) in [7, 11) is 0. The lowest BCUT2D eigenvalue weighted by Crippen LogP contribution is -2.12. The summed E-state index contributed by atoms with van der Waals surface area (Å²) in [4.78, 5) is 64.4. The van der Waals surface area contributed by atoms with Crippen molar-refractivity contribution in [2.24, 2.45) is 0 Å². The Labute approximate surface area is 219 Å². The zero-order chi connectivity index (χ0) is 27.3. The van der Waals surface area contributed by atoms with Crippen LogP contribution in [0.3, 0.4) is 0 Å². The molecule has 0 saturated carbocycles. The molecule has 0 amide bonds. The van der Waals surface area contributed by atoms with Crippen LogP contribution in [-0.4, -0.2) is 23.9 Å². The van der Waals surface area contributed by atoms with Gasteiger partial charge in [-0.15, -0.1) is 0 Å². The van der Waals surface area contributed by atoms with Crippen molar-refractivity contribution in [1.82, 2.24) is 0 Å². The summed E-state index contributed by atoms with van der Waals surface area (Å²) in [6.45, 7) is 3.71. The van der Waals surface area contributed by atoms with E-state index >= 15 is 0 Å². The highest BCUT2D eigenvalue weighted by molar-refractivity contribution is 5.93. The Bertz CT molecular complexity index is 1290. The molecule has 0 fully saturated rings. The highest BCUT2D eigenvalue weighted by Gasteiger charge is 2.15. The molecule has 4 rings (SSSR count). The SMILES string of the molecule is Cc1cccc(C(=O)OOC(=O)c2cccc(C)c2)c1.O=C(OOC(=O)c1ccccc1)c1ccccc1. The fraction of sp³-hybridized carbons (Fsp3) is 0.0667. The minimum absolute atomic E-state index is 0.318. The second-order valence-electron chi connectivity index (χ2n) is 7.95. The predicted octanol–water partition coefficient (Wildman–Crippen LogP) is 5.85. The molecule has 0 unspecified atom stereocenters. The van der Waals surface area contributed by atoms with E-state index in [-0.39, 0.29) is 0 Å². The van der Waals surface area contributed by atoms with Crippen LogP contribution < -0.4 is 0 Å². The van der Waals surface area contributed by atoms with Crippen molar-refractivity contribution >= 4 is 23.9 Å². The van der Waals surface area contributed by atoms with Crippen LogP contribution in [0.25, 0.3) is 0 Å². The first kappa shape index (κ1) is 27.3. The minimum atomic E-state index is -0.708. The number of hydrogen-bond acceptors (Lipinski definition) is 8. The van der Waals surface area contributed by atoms with Gasteiger partial charge in [-0.1, -0.05) is 71.8 Å². The molecule has 0 spiro atoms. The summed E-state index contributed by atoms with van der Waals surface area (Å²) >= 11 is 0. The van der Waals surface area contributed by atoms with Crippen LogP contribution in [0, 0.1) is 13.8 Å². The number of aryl methyl sites for hydroxylation is 2. The molecule has 0 N–H and O–H groups in total. The van der Waals surface area contributed by atoms with Gasteiger partial charge in [-0.2, -0.15) is 0 Å². The van der Waals surface area contributed by atoms with Crippen molar-refractivity contribution in [3.63, 3.8) is 0 Å². The Morgan fingerprint density at radius 2 is 0.684 bits per heavy atom. The minimum Gasteiger partial charge on any atom is -0.242 e. The van der Waals surface area contributed by atoms with Crippen LogP contribution in [0.5, 0.6) is 0 Å². The normalized spacial score (nSPS) is 9.74. The van der Waals surface area contributed by atoms with Gasteiger partial charge in [0.2, 0.25) is 0 Å². The van der Waals surface area contributed by atoms with Crippen LogP contribution in [0.15, 0.2) is 109 Å². The second kappa shape index (κ2) is 13.7. The van der Waals surface area contributed by atoms with Gasteiger partial charge in [0.05, 0.1) is 22.3 Å². The summed E-state index contributed by atoms with van der Waals surface area (Å²) in [5, 5.41) is 0. The molecule has 0 radical (unpaired) electrons. The van der Waals surface area contributed by atoms with E-state index in [1.54, 1.807) is 97.1 Å². The number of rotatable bonds is 4. The van der Waals surface area contributed by atoms with Crippen LogP contribution in [0.4, 0.5) is 0 Å². The Kier molecular flexibility index (Phi) is 9.89. The molecule has 8 heteroatoms. The lowest BCUT2D eigenvalue weighted by molar-refractivity contribution is -0.187. The maximum Gasteiger partial charge on any atom is 0.386 e. The fourth-order valence-electron chi connectivity index (χ4n) is 3.04. The highest BCUT2D eigenvalue weighted by atomic mass is 17.2. The van der Waals surface area contributed by atoms with E-state index in [4.69, 9.17) is 0 Å². The molecular weight excluding hydrogens is 488 g/mol. The van der Waals surface area contributed by atoms with Gasteiger partial charge >= 0.3 is 23.9 Å². The average Bonchev–Trinajstić information content (AvgIpc) is 2.95. The molecule has 0 saturated heterocycles. The summed E-state index contributed by atoms with van der Waals surface area (Å²) in [5.41, 5.74) is 3.15. The van der Waals surface area contributed by atoms with Crippen molar-refractivity contribution in [2.75, 3.05) is 0 Å². The number of carbonyl (C=O) groups excluding carboxylic acids is 4. The fourth-order valence-corrected chi connectivity index (χ4v) is 3.04. The summed E-state index contributed by atoms with van der Waals surface area (Å²) in [6, 6.07) is 30.2. The van der Waals surface area contributed by atoms with E-state index in [1.807, 2.05) is 26.0 Å². The van der Waals surface area contributed by atoms with Crippen LogP contribution in [0.2, 0.25) is 0 Å². The smallest absolute Gasteiger partial charge is 0.242 e. The molecule has 0 bridgehead atoms. The number of carbonyl (C=O) groups is 4. The Morgan fingerprint density at radius 3 is 1.00 bits per heavy atom. The highest BCUT2D eigenvalue weighted by Crippen LogP contribution is 2.09. The molecule has 0 aliphatic heterocycles. The van der Waals surface area contributed by atoms with Crippen molar-refractivity contribution in [3.8, 4) is 0 Å². The van der Waals surface area contributed by atoms with Gasteiger partial charge in [-0.05, 0) is 62.4 Å². The average molecular weight is 513 g/mol. The third-order valence-electron chi connectivity index (χ3n) is 4.91. The molecular formula is C30H24O8. The van der Waals surface area contributed by atoms with E-state index in [1.165, 1.54) is 0 Å². The first-order valence-corrected chi connectivity index (χ1v) is 11.4. The first-order valence-electron chi connectivity index (χ1n) is 11.4. The summed E-state index contributed by atoms with van der Waals surface area (Å²) < 4.78 is 0. The molecule has 0 atom stereocenters. The maximum atomic E-state index is 11.7. The van der Waals surface area contributed by atoms with Crippen LogP contribution in [0.1, 0.15) is 52.6 Å². The maximum absolute atomic E-state index is 11.7. The van der Waals surface area contributed by atoms with Crippen LogP contribution >= 0.6 is 0 Å². The van der Waals surface area contributed by atoms with E-state index in [2.05, 4.69) is 19.6 Å². The third-order valence-corrected chi connectivity index (χ3v) is 4.91. The standard InChI is InChI=1S/C16H14O4.C14H10O4/c1-11-5-3-7-13(9-11)15(17)19-20-16(18)14-8-4-6-12(2)10-14;15-13(11-7-3-1-4-8-11)17-18-14(16)12-9-5-2-6-10-12/h3-10H,1-2H3;1-10H. The monoisotopic (exact) mass is 512 g/mol. The zero-order valence-corrected chi connectivity index (χ0v) is 20.7. The van der Waals surface area contributed by atoms with Crippen molar-refractivity contribution in [1.29, 1.82) is 0 Å². The molecule has 0 aromatic heterocycles. The van der Waals surface area contributed by atoms with Gasteiger partial charge in [0.1, 0.15) is 0 Å². The molecule has 4 aromatic rings. The third kappa shape index (κ3) is 8.46. The Balaban J connectivity index is 0.000000212. The topological polar surface area (TPSA) is 105 Å². The second-order valence-corrected chi connectivity index (χ2v) is 7.95. The largest absolute Gasteiger partial charge is 0.386 e. The molecule has 8 nitrogen and oxygen atoms in total. The van der Waals surface area contributed by atoms with Crippen molar-refractivity contribution in [2.45, 2.75) is 13.8 Å². The molecule has 38 heavy (non-hydrogen) atoms. The van der Waals surface area contributed by atoms with Gasteiger partial charge < -0.3 is 0 Å². The molecule has 0 heterocycles. The quantitative estimate of drug-likeness (QED) is 0.248. The summed E-state index contributed by atoms with van der Waals surface area (Å²) in [5.74, 6) is -2.82. The van der Waals surface area contributed by atoms with E-state index in [0.717, 1.165) is 11.1 Å². The van der Waals surface area contributed by atoms with E-state index in [9.17, 15) is 19.2 Å². The Hall–Kier alpha value is -5.24. The molecule has 192 valence electrons. The molecule has 4 aromatic carbocycles. The Morgan fingerprint density at radius 1 is 0.395 bits per heavy atom. The van der Waals surface area contributed by atoms with Crippen molar-refractivity contribution < 1.29 is 38.7 Å². The van der Waals surface area contributed by atoms with Crippen LogP contribution in [-0.2, 0) is 19.6 Å². The zero-order valence-electron chi connectivity index (χ0n) is 20.7. The number of benzene rings is 4. The van der Waals surface area contributed by atoms with Gasteiger partial charge in [0.15, 0.2) is 0 Å². The first-order chi connectivity index (χ1) is 18.3. The number of hydrogen-bond donors (Lipinski definition) is 0. The van der Waals surface area contributed by atoms with Gasteiger partial charge in [0, 0.05) is 0 Å². The van der Waals surface area contributed by atoms with Gasteiger partial charge in [-0.25, -0.2) is 38.7 Å². The van der Waals surface area contributed by atoms with E-state index < -0.39 is 23.9 Å². The van der Waals surface area contributed by atoms with Gasteiger partial charge in [-0.3, -0.25) is 0 Å². The van der Waals surface area contributed by atoms with Gasteiger partial charge in [0.25, 0.3) is 0 Å². The molecule has 0 aliphatic carbocycles. The summed E-state index contributed by atoms with van der Waals surface area (Å²) in [6.07, 6.45) is 0.